The number of carbonyl (C=O) groups is 2. The van der Waals surface area contributed by atoms with Gasteiger partial charge in [0.15, 0.2) is 0 Å². The van der Waals surface area contributed by atoms with Crippen molar-refractivity contribution in [3.05, 3.63) is 60.3 Å². The molecule has 0 bridgehead atoms. The third-order valence-corrected chi connectivity index (χ3v) is 9.16. The van der Waals surface area contributed by atoms with Crippen molar-refractivity contribution in [1.29, 1.82) is 0 Å². The van der Waals surface area contributed by atoms with Crippen molar-refractivity contribution in [2.45, 2.75) is 76.3 Å². The van der Waals surface area contributed by atoms with Gasteiger partial charge in [0, 0.05) is 74.8 Å². The number of rotatable bonds is 11. The molecule has 0 N–H and O–H groups in total. The maximum Gasteiger partial charge on any atom is 0.534 e. The Labute approximate surface area is 278 Å². The Balaban J connectivity index is 1.47. The number of aromatic nitrogens is 1. The Morgan fingerprint density at radius 2 is 1.75 bits per heavy atom. The predicted molar refractivity (Wildman–Crippen MR) is 173 cm³/mol. The lowest BCUT2D eigenvalue weighted by Crippen LogP contribution is -2.61. The molecule has 0 radical (unpaired) electrons. The number of halogens is 3. The molecule has 11 nitrogen and oxygen atoms in total. The number of carbonyl (C=O) groups excluding carboxylic acids is 2. The molecule has 1 aromatic heterocycles. The van der Waals surface area contributed by atoms with Gasteiger partial charge in [-0.2, -0.15) is 21.6 Å². The minimum Gasteiger partial charge on any atom is -0.444 e. The lowest BCUT2D eigenvalue weighted by molar-refractivity contribution is -0.134. The summed E-state index contributed by atoms with van der Waals surface area (Å²) >= 11 is 0. The number of anilines is 1. The van der Waals surface area contributed by atoms with Crippen molar-refractivity contribution < 1.29 is 44.8 Å². The number of benzene rings is 2. The van der Waals surface area contributed by atoms with E-state index < -0.39 is 39.1 Å². The van der Waals surface area contributed by atoms with Gasteiger partial charge < -0.3 is 32.9 Å². The quantitative estimate of drug-likeness (QED) is 0.147. The molecule has 1 unspecified atom stereocenters. The van der Waals surface area contributed by atoms with Gasteiger partial charge in [0.25, 0.3) is 0 Å². The lowest BCUT2D eigenvalue weighted by atomic mass is 10.1. The Bertz CT molecular complexity index is 1730. The molecule has 262 valence electrons. The Kier molecular flexibility index (Phi) is 10.2. The highest BCUT2D eigenvalue weighted by atomic mass is 32.2. The van der Waals surface area contributed by atoms with Crippen LogP contribution in [0.3, 0.4) is 0 Å². The van der Waals surface area contributed by atoms with Gasteiger partial charge in [-0.25, -0.2) is 4.79 Å². The van der Waals surface area contributed by atoms with Gasteiger partial charge in [0.2, 0.25) is 5.91 Å². The van der Waals surface area contributed by atoms with Crippen LogP contribution in [0.4, 0.5) is 23.7 Å². The predicted octanol–water partition coefficient (Wildman–Crippen LogP) is 5.52. The summed E-state index contributed by atoms with van der Waals surface area (Å²) < 4.78 is 80.1. The molecule has 2 heterocycles. The summed E-state index contributed by atoms with van der Waals surface area (Å²) in [5.74, 6) is -0.817. The number of amides is 2. The molecule has 15 heteroatoms. The van der Waals surface area contributed by atoms with E-state index in [4.69, 9.17) is 9.47 Å². The third-order valence-electron chi connectivity index (χ3n) is 8.19. The smallest absolute Gasteiger partial charge is 0.444 e. The average molecular weight is 695 g/mol. The second kappa shape index (κ2) is 13.9. The fourth-order valence-corrected chi connectivity index (χ4v) is 6.30. The van der Waals surface area contributed by atoms with Gasteiger partial charge in [-0.3, -0.25) is 4.79 Å². The third kappa shape index (κ3) is 8.17. The number of para-hydroxylation sites is 1. The second-order valence-electron chi connectivity index (χ2n) is 13.0. The first kappa shape index (κ1) is 35.3. The molecular weight excluding hydrogens is 653 g/mol. The molecule has 1 aliphatic carbocycles. The van der Waals surface area contributed by atoms with Crippen LogP contribution in [0.5, 0.6) is 5.75 Å². The molecular formula is C33H41F3N4O7S. The molecule has 1 aliphatic heterocycles. The van der Waals surface area contributed by atoms with Gasteiger partial charge in [-0.15, -0.1) is 0 Å². The SMILES string of the molecule is COCCCn1cc(CN(C(=O)C2CN(C(=O)OC(C)(C)C)CCN2c2cccc(OS(=O)(=O)C(F)(F)F)c2)C2CC2)c2ccccc21. The summed E-state index contributed by atoms with van der Waals surface area (Å²) in [5, 5.41) is 1.01. The fraction of sp³-hybridized carbons (Fsp3) is 0.515. The molecule has 1 saturated heterocycles. The molecule has 5 rings (SSSR count). The minimum absolute atomic E-state index is 0.0292. The van der Waals surface area contributed by atoms with E-state index in [0.29, 0.717) is 13.2 Å². The van der Waals surface area contributed by atoms with Crippen LogP contribution in [0.2, 0.25) is 0 Å². The average Bonchev–Trinajstić information content (AvgIpc) is 3.80. The van der Waals surface area contributed by atoms with Crippen molar-refractivity contribution >= 4 is 38.7 Å². The summed E-state index contributed by atoms with van der Waals surface area (Å²) in [4.78, 5) is 32.7. The van der Waals surface area contributed by atoms with Crippen LogP contribution in [0.25, 0.3) is 10.9 Å². The maximum atomic E-state index is 14.6. The van der Waals surface area contributed by atoms with Gasteiger partial charge in [-0.05, 0) is 63.8 Å². The van der Waals surface area contributed by atoms with Gasteiger partial charge in [0.1, 0.15) is 17.4 Å². The topological polar surface area (TPSA) is 111 Å². The van der Waals surface area contributed by atoms with Crippen LogP contribution in [0.1, 0.15) is 45.6 Å². The normalized spacial score (nSPS) is 17.4. The molecule has 1 atom stereocenters. The second-order valence-corrected chi connectivity index (χ2v) is 14.6. The largest absolute Gasteiger partial charge is 0.534 e. The van der Waals surface area contributed by atoms with Gasteiger partial charge >= 0.3 is 21.7 Å². The molecule has 2 fully saturated rings. The number of alkyl halides is 3. The summed E-state index contributed by atoms with van der Waals surface area (Å²) in [6.07, 6.45) is 3.88. The first-order valence-corrected chi connectivity index (χ1v) is 17.2. The maximum absolute atomic E-state index is 14.6. The summed E-state index contributed by atoms with van der Waals surface area (Å²) in [7, 11) is -4.25. The van der Waals surface area contributed by atoms with Crippen molar-refractivity contribution in [1.82, 2.24) is 14.4 Å². The molecule has 0 spiro atoms. The van der Waals surface area contributed by atoms with Crippen LogP contribution in [0, 0.1) is 0 Å². The first-order valence-electron chi connectivity index (χ1n) is 15.8. The zero-order chi connectivity index (χ0) is 34.9. The van der Waals surface area contributed by atoms with Gasteiger partial charge in [-0.1, -0.05) is 24.3 Å². The van der Waals surface area contributed by atoms with E-state index in [0.717, 1.165) is 54.4 Å². The number of hydrogen-bond acceptors (Lipinski definition) is 8. The summed E-state index contributed by atoms with van der Waals surface area (Å²) in [6.45, 7) is 7.10. The van der Waals surface area contributed by atoms with E-state index in [1.165, 1.54) is 11.0 Å². The van der Waals surface area contributed by atoms with Crippen molar-refractivity contribution in [3.8, 4) is 5.75 Å². The number of methoxy groups -OCH3 is 1. The molecule has 1 saturated carbocycles. The van der Waals surface area contributed by atoms with Crippen LogP contribution in [-0.2, 0) is 37.5 Å². The molecule has 2 aromatic carbocycles. The van der Waals surface area contributed by atoms with Gasteiger partial charge in [0.05, 0.1) is 6.54 Å². The highest BCUT2D eigenvalue weighted by molar-refractivity contribution is 7.88. The summed E-state index contributed by atoms with van der Waals surface area (Å²) in [5.41, 5.74) is -4.12. The van der Waals surface area contributed by atoms with Crippen molar-refractivity contribution in [3.63, 3.8) is 0 Å². The van der Waals surface area contributed by atoms with E-state index >= 15 is 0 Å². The van der Waals surface area contributed by atoms with Crippen molar-refractivity contribution in [2.24, 2.45) is 0 Å². The Morgan fingerprint density at radius 3 is 2.42 bits per heavy atom. The van der Waals surface area contributed by atoms with Crippen molar-refractivity contribution in [2.75, 3.05) is 38.3 Å². The van der Waals surface area contributed by atoms with E-state index in [-0.39, 0.29) is 37.3 Å². The monoisotopic (exact) mass is 694 g/mol. The molecule has 2 aliphatic rings. The zero-order valence-electron chi connectivity index (χ0n) is 27.4. The molecule has 3 aromatic rings. The molecule has 2 amide bonds. The lowest BCUT2D eigenvalue weighted by Gasteiger charge is -2.43. The van der Waals surface area contributed by atoms with E-state index in [1.54, 1.807) is 38.8 Å². The first-order chi connectivity index (χ1) is 22.6. The number of piperazine rings is 1. The Hall–Kier alpha value is -3.98. The number of fused-ring (bicyclic) bond motifs is 1. The number of ether oxygens (including phenoxy) is 2. The minimum atomic E-state index is -5.91. The van der Waals surface area contributed by atoms with E-state index in [9.17, 15) is 31.2 Å². The highest BCUT2D eigenvalue weighted by Gasteiger charge is 2.49. The van der Waals surface area contributed by atoms with Crippen LogP contribution < -0.4 is 9.08 Å². The fourth-order valence-electron chi connectivity index (χ4n) is 5.84. The standard InChI is InChI=1S/C33H41F3N4O7S/c1-32(2,3)46-31(42)38-16-17-39(25-9-7-10-26(19-25)47-48(43,44)33(34,35)36)29(22-38)30(41)40(24-13-14-24)21-23-20-37(15-8-18-45-4)28-12-6-5-11-27(23)28/h5-7,9-12,19-20,24,29H,8,13-18,21-22H2,1-4H3. The highest BCUT2D eigenvalue weighted by Crippen LogP contribution is 2.35. The van der Waals surface area contributed by atoms with Crippen LogP contribution in [0.15, 0.2) is 54.7 Å². The number of hydrogen-bond donors (Lipinski definition) is 0. The molecule has 48 heavy (non-hydrogen) atoms. The number of nitrogens with zero attached hydrogens (tertiary/aromatic N) is 4. The Morgan fingerprint density at radius 1 is 1.02 bits per heavy atom. The summed E-state index contributed by atoms with van der Waals surface area (Å²) in [6, 6.07) is 12.2. The number of aryl methyl sites for hydroxylation is 1. The zero-order valence-corrected chi connectivity index (χ0v) is 28.2. The van der Waals surface area contributed by atoms with E-state index in [1.807, 2.05) is 29.2 Å². The van der Waals surface area contributed by atoms with Crippen LogP contribution >= 0.6 is 0 Å². The van der Waals surface area contributed by atoms with E-state index in [2.05, 4.69) is 14.9 Å². The van der Waals surface area contributed by atoms with Crippen LogP contribution in [-0.4, -0.2) is 91.3 Å².